The van der Waals surface area contributed by atoms with Crippen LogP contribution in [0.2, 0.25) is 0 Å². The molecule has 0 bridgehead atoms. The summed E-state index contributed by atoms with van der Waals surface area (Å²) in [7, 11) is 0. The number of aromatic amines is 1. The molecule has 0 saturated heterocycles. The molecule has 2 N–H and O–H groups in total. The lowest BCUT2D eigenvalue weighted by Crippen LogP contribution is -1.99. The summed E-state index contributed by atoms with van der Waals surface area (Å²) in [6.07, 6.45) is 0. The SMILES string of the molecule is CC1(C)C(c2nc3cc(C(=O)O)c(F)cc3[nH]2)C1(C)C. The van der Waals surface area contributed by atoms with Crippen LogP contribution in [0, 0.1) is 16.6 Å². The van der Waals surface area contributed by atoms with Gasteiger partial charge in [-0.2, -0.15) is 0 Å². The summed E-state index contributed by atoms with van der Waals surface area (Å²) in [6, 6.07) is 2.49. The molecule has 0 atom stereocenters. The number of imidazole rings is 1. The molecular weight excluding hydrogens is 259 g/mol. The molecule has 1 aromatic heterocycles. The first kappa shape index (κ1) is 13.1. The Labute approximate surface area is 116 Å². The van der Waals surface area contributed by atoms with Crippen molar-refractivity contribution < 1.29 is 14.3 Å². The van der Waals surface area contributed by atoms with Gasteiger partial charge in [0.15, 0.2) is 0 Å². The highest BCUT2D eigenvalue weighted by molar-refractivity contribution is 5.92. The monoisotopic (exact) mass is 276 g/mol. The van der Waals surface area contributed by atoms with E-state index in [2.05, 4.69) is 37.7 Å². The van der Waals surface area contributed by atoms with Crippen molar-refractivity contribution in [2.45, 2.75) is 33.6 Å². The Morgan fingerprint density at radius 3 is 2.40 bits per heavy atom. The van der Waals surface area contributed by atoms with E-state index < -0.39 is 11.8 Å². The minimum absolute atomic E-state index is 0.120. The van der Waals surface area contributed by atoms with Crippen molar-refractivity contribution in [1.29, 1.82) is 0 Å². The molecule has 1 aliphatic carbocycles. The Hall–Kier alpha value is -1.91. The van der Waals surface area contributed by atoms with Crippen LogP contribution in [0.3, 0.4) is 0 Å². The van der Waals surface area contributed by atoms with Crippen LogP contribution in [0.15, 0.2) is 12.1 Å². The van der Waals surface area contributed by atoms with E-state index in [4.69, 9.17) is 5.11 Å². The summed E-state index contributed by atoms with van der Waals surface area (Å²) in [5, 5.41) is 8.94. The summed E-state index contributed by atoms with van der Waals surface area (Å²) < 4.78 is 13.7. The number of benzene rings is 1. The Morgan fingerprint density at radius 1 is 1.30 bits per heavy atom. The maximum absolute atomic E-state index is 13.7. The second kappa shape index (κ2) is 3.59. The molecule has 20 heavy (non-hydrogen) atoms. The Kier molecular flexibility index (Phi) is 2.35. The highest BCUT2D eigenvalue weighted by Gasteiger charge is 2.66. The fourth-order valence-electron chi connectivity index (χ4n) is 3.23. The quantitative estimate of drug-likeness (QED) is 0.881. The molecular formula is C15H17FN2O2. The van der Waals surface area contributed by atoms with Crippen molar-refractivity contribution in [3.8, 4) is 0 Å². The summed E-state index contributed by atoms with van der Waals surface area (Å²) in [6.45, 7) is 8.70. The van der Waals surface area contributed by atoms with Gasteiger partial charge in [-0.05, 0) is 16.9 Å². The zero-order valence-electron chi connectivity index (χ0n) is 11.9. The first-order valence-electron chi connectivity index (χ1n) is 6.58. The largest absolute Gasteiger partial charge is 0.478 e. The van der Waals surface area contributed by atoms with Gasteiger partial charge in [0, 0.05) is 12.0 Å². The molecule has 0 aliphatic heterocycles. The van der Waals surface area contributed by atoms with Gasteiger partial charge in [-0.1, -0.05) is 27.7 Å². The molecule has 0 unspecified atom stereocenters. The average molecular weight is 276 g/mol. The third kappa shape index (κ3) is 1.52. The smallest absolute Gasteiger partial charge is 0.338 e. The number of nitrogens with zero attached hydrogens (tertiary/aromatic N) is 1. The predicted octanol–water partition coefficient (Wildman–Crippen LogP) is 3.55. The van der Waals surface area contributed by atoms with Crippen LogP contribution in [0.4, 0.5) is 4.39 Å². The first-order chi connectivity index (χ1) is 9.16. The van der Waals surface area contributed by atoms with Crippen molar-refractivity contribution in [3.63, 3.8) is 0 Å². The second-order valence-corrected chi connectivity index (χ2v) is 6.65. The Balaban J connectivity index is 2.11. The van der Waals surface area contributed by atoms with E-state index in [1.165, 1.54) is 12.1 Å². The standard InChI is InChI=1S/C15H17FN2O2/c1-14(2)11(15(14,3)4)12-17-9-5-7(13(19)20)8(16)6-10(9)18-12/h5-6,11H,1-4H3,(H,17,18)(H,19,20). The number of halogens is 1. The number of aromatic nitrogens is 2. The number of fused-ring (bicyclic) bond motifs is 1. The van der Waals surface area contributed by atoms with Gasteiger partial charge in [-0.15, -0.1) is 0 Å². The molecule has 1 aliphatic rings. The molecule has 4 nitrogen and oxygen atoms in total. The third-order valence-corrected chi connectivity index (χ3v) is 5.11. The van der Waals surface area contributed by atoms with Crippen molar-refractivity contribution in [2.24, 2.45) is 10.8 Å². The number of carboxylic acids is 1. The van der Waals surface area contributed by atoms with Gasteiger partial charge in [-0.25, -0.2) is 14.2 Å². The maximum Gasteiger partial charge on any atom is 0.338 e. The van der Waals surface area contributed by atoms with Crippen LogP contribution >= 0.6 is 0 Å². The molecule has 2 aromatic rings. The van der Waals surface area contributed by atoms with E-state index in [1.54, 1.807) is 0 Å². The lowest BCUT2D eigenvalue weighted by Gasteiger charge is -2.03. The molecule has 1 saturated carbocycles. The molecule has 0 amide bonds. The van der Waals surface area contributed by atoms with Gasteiger partial charge in [-0.3, -0.25) is 0 Å². The lowest BCUT2D eigenvalue weighted by atomic mass is 10.0. The van der Waals surface area contributed by atoms with Crippen LogP contribution in [0.1, 0.15) is 49.8 Å². The molecule has 1 aromatic carbocycles. The molecule has 5 heteroatoms. The lowest BCUT2D eigenvalue weighted by molar-refractivity contribution is 0.0692. The van der Waals surface area contributed by atoms with Gasteiger partial charge < -0.3 is 10.1 Å². The van der Waals surface area contributed by atoms with Crippen LogP contribution < -0.4 is 0 Å². The molecule has 0 spiro atoms. The fraction of sp³-hybridized carbons (Fsp3) is 0.467. The number of rotatable bonds is 2. The molecule has 3 rings (SSSR count). The maximum atomic E-state index is 13.7. The van der Waals surface area contributed by atoms with Crippen LogP contribution in [0.5, 0.6) is 0 Å². The highest BCUT2D eigenvalue weighted by atomic mass is 19.1. The van der Waals surface area contributed by atoms with Crippen molar-refractivity contribution in [3.05, 3.63) is 29.3 Å². The van der Waals surface area contributed by atoms with E-state index in [0.717, 1.165) is 5.82 Å². The van der Waals surface area contributed by atoms with Crippen molar-refractivity contribution >= 4 is 17.0 Å². The summed E-state index contributed by atoms with van der Waals surface area (Å²) in [5.41, 5.74) is 0.938. The van der Waals surface area contributed by atoms with Gasteiger partial charge >= 0.3 is 5.97 Å². The van der Waals surface area contributed by atoms with Gasteiger partial charge in [0.2, 0.25) is 0 Å². The third-order valence-electron chi connectivity index (χ3n) is 5.11. The number of hydrogen-bond acceptors (Lipinski definition) is 2. The van der Waals surface area contributed by atoms with Crippen molar-refractivity contribution in [2.75, 3.05) is 0 Å². The van der Waals surface area contributed by atoms with Crippen LogP contribution in [-0.4, -0.2) is 21.0 Å². The number of hydrogen-bond donors (Lipinski definition) is 2. The van der Waals surface area contributed by atoms with E-state index in [9.17, 15) is 9.18 Å². The number of carboxylic acid groups (broad SMARTS) is 1. The fourth-order valence-corrected chi connectivity index (χ4v) is 3.23. The van der Waals surface area contributed by atoms with Crippen LogP contribution in [-0.2, 0) is 0 Å². The topological polar surface area (TPSA) is 66.0 Å². The Bertz CT molecular complexity index is 717. The number of carbonyl (C=O) groups is 1. The predicted molar refractivity (Wildman–Crippen MR) is 73.3 cm³/mol. The average Bonchev–Trinajstić information content (AvgIpc) is 2.61. The van der Waals surface area contributed by atoms with Gasteiger partial charge in [0.1, 0.15) is 11.6 Å². The van der Waals surface area contributed by atoms with Crippen molar-refractivity contribution in [1.82, 2.24) is 9.97 Å². The summed E-state index contributed by atoms with van der Waals surface area (Å²) >= 11 is 0. The highest BCUT2D eigenvalue weighted by Crippen LogP contribution is 2.73. The minimum Gasteiger partial charge on any atom is -0.478 e. The summed E-state index contributed by atoms with van der Waals surface area (Å²) in [4.78, 5) is 18.5. The molecule has 1 heterocycles. The number of nitrogens with one attached hydrogen (secondary N) is 1. The number of aromatic carboxylic acids is 1. The van der Waals surface area contributed by atoms with E-state index in [-0.39, 0.29) is 22.3 Å². The van der Waals surface area contributed by atoms with Gasteiger partial charge in [0.25, 0.3) is 0 Å². The zero-order valence-corrected chi connectivity index (χ0v) is 11.9. The van der Waals surface area contributed by atoms with Gasteiger partial charge in [0.05, 0.1) is 16.6 Å². The first-order valence-corrected chi connectivity index (χ1v) is 6.58. The summed E-state index contributed by atoms with van der Waals surface area (Å²) in [5.74, 6) is -0.953. The minimum atomic E-state index is -1.28. The molecule has 0 radical (unpaired) electrons. The molecule has 106 valence electrons. The van der Waals surface area contributed by atoms with E-state index >= 15 is 0 Å². The van der Waals surface area contributed by atoms with E-state index in [0.29, 0.717) is 11.0 Å². The normalized spacial score (nSPS) is 20.2. The Morgan fingerprint density at radius 2 is 1.90 bits per heavy atom. The van der Waals surface area contributed by atoms with Crippen LogP contribution in [0.25, 0.3) is 11.0 Å². The molecule has 1 fully saturated rings. The van der Waals surface area contributed by atoms with E-state index in [1.807, 2.05) is 0 Å². The second-order valence-electron chi connectivity index (χ2n) is 6.65. The zero-order chi connectivity index (χ0) is 14.9. The number of H-pyrrole nitrogens is 1.